The van der Waals surface area contributed by atoms with Crippen molar-refractivity contribution >= 4 is 17.8 Å². The first-order valence-corrected chi connectivity index (χ1v) is 11.9. The standard InChI is InChI=1S/C28H31F2N3O2/c1-32(2)28-24(27(34)31-18-21-12-13-25(29)26(30)16-21)17-22(14-15-35-23-10-6-7-11-23)33(28)19-20-8-4-3-5-9-20/h3-5,8-9,12-17,23H,6-7,10-11,18-19H2,1-2H3,(H,31,34)/b15-14+. The zero-order valence-corrected chi connectivity index (χ0v) is 20.1. The Morgan fingerprint density at radius 2 is 1.80 bits per heavy atom. The molecule has 35 heavy (non-hydrogen) atoms. The molecule has 1 aromatic heterocycles. The van der Waals surface area contributed by atoms with Crippen LogP contribution in [0.25, 0.3) is 6.08 Å². The molecule has 1 saturated carbocycles. The Kier molecular flexibility index (Phi) is 7.85. The van der Waals surface area contributed by atoms with Crippen molar-refractivity contribution in [3.63, 3.8) is 0 Å². The van der Waals surface area contributed by atoms with Crippen LogP contribution in [0.4, 0.5) is 14.6 Å². The Bertz CT molecular complexity index is 1180. The summed E-state index contributed by atoms with van der Waals surface area (Å²) in [5.74, 6) is -1.40. The maximum Gasteiger partial charge on any atom is 0.255 e. The van der Waals surface area contributed by atoms with Crippen LogP contribution < -0.4 is 10.2 Å². The lowest BCUT2D eigenvalue weighted by atomic mass is 10.2. The molecule has 5 nitrogen and oxygen atoms in total. The summed E-state index contributed by atoms with van der Waals surface area (Å²) in [4.78, 5) is 15.1. The SMILES string of the molecule is CN(C)c1c(C(=O)NCc2ccc(F)c(F)c2)cc(/C=C/OC2CCCC2)n1Cc1ccccc1. The van der Waals surface area contributed by atoms with Crippen molar-refractivity contribution in [3.05, 3.63) is 94.9 Å². The van der Waals surface area contributed by atoms with Gasteiger partial charge in [-0.2, -0.15) is 0 Å². The van der Waals surface area contributed by atoms with Gasteiger partial charge < -0.3 is 19.5 Å². The highest BCUT2D eigenvalue weighted by atomic mass is 19.2. The number of carbonyl (C=O) groups excluding carboxylic acids is 1. The van der Waals surface area contributed by atoms with E-state index >= 15 is 0 Å². The molecule has 1 fully saturated rings. The van der Waals surface area contributed by atoms with Gasteiger partial charge in [0.1, 0.15) is 5.82 Å². The molecule has 7 heteroatoms. The van der Waals surface area contributed by atoms with Crippen LogP contribution in [0, 0.1) is 11.6 Å². The van der Waals surface area contributed by atoms with Gasteiger partial charge in [0, 0.05) is 32.9 Å². The van der Waals surface area contributed by atoms with Gasteiger partial charge >= 0.3 is 0 Å². The predicted molar refractivity (Wildman–Crippen MR) is 134 cm³/mol. The molecule has 0 bridgehead atoms. The molecule has 4 rings (SSSR count). The lowest BCUT2D eigenvalue weighted by Gasteiger charge is -2.20. The van der Waals surface area contributed by atoms with Crippen LogP contribution >= 0.6 is 0 Å². The van der Waals surface area contributed by atoms with E-state index < -0.39 is 11.6 Å². The number of nitrogens with zero attached hydrogens (tertiary/aromatic N) is 2. The molecular formula is C28H31F2N3O2. The Labute approximate surface area is 205 Å². The fourth-order valence-electron chi connectivity index (χ4n) is 4.45. The fraction of sp³-hybridized carbons (Fsp3) is 0.321. The third-order valence-corrected chi connectivity index (χ3v) is 6.20. The van der Waals surface area contributed by atoms with Crippen molar-refractivity contribution in [1.82, 2.24) is 9.88 Å². The molecule has 1 N–H and O–H groups in total. The monoisotopic (exact) mass is 479 g/mol. The zero-order chi connectivity index (χ0) is 24.8. The minimum atomic E-state index is -0.936. The van der Waals surface area contributed by atoms with Gasteiger partial charge in [0.25, 0.3) is 5.91 Å². The summed E-state index contributed by atoms with van der Waals surface area (Å²) in [7, 11) is 3.79. The summed E-state index contributed by atoms with van der Waals surface area (Å²) in [6.07, 6.45) is 8.39. The largest absolute Gasteiger partial charge is 0.498 e. The van der Waals surface area contributed by atoms with Crippen molar-refractivity contribution in [2.45, 2.75) is 44.9 Å². The van der Waals surface area contributed by atoms with E-state index in [1.165, 1.54) is 18.9 Å². The number of aromatic nitrogens is 1. The van der Waals surface area contributed by atoms with Crippen LogP contribution in [0.3, 0.4) is 0 Å². The van der Waals surface area contributed by atoms with E-state index in [2.05, 4.69) is 9.88 Å². The second kappa shape index (κ2) is 11.2. The number of rotatable bonds is 9. The van der Waals surface area contributed by atoms with E-state index in [0.29, 0.717) is 17.7 Å². The molecule has 0 saturated heterocycles. The van der Waals surface area contributed by atoms with Crippen molar-refractivity contribution < 1.29 is 18.3 Å². The maximum absolute atomic E-state index is 13.6. The molecule has 1 aliphatic carbocycles. The topological polar surface area (TPSA) is 46.5 Å². The molecule has 0 aliphatic heterocycles. The predicted octanol–water partition coefficient (Wildman–Crippen LogP) is 5.74. The van der Waals surface area contributed by atoms with E-state index in [4.69, 9.17) is 4.74 Å². The number of nitrogens with one attached hydrogen (secondary N) is 1. The first-order valence-electron chi connectivity index (χ1n) is 11.9. The van der Waals surface area contributed by atoms with Gasteiger partial charge in [-0.15, -0.1) is 0 Å². The van der Waals surface area contributed by atoms with E-state index in [1.807, 2.05) is 61.5 Å². The van der Waals surface area contributed by atoms with Crippen molar-refractivity contribution in [1.29, 1.82) is 0 Å². The number of halogens is 2. The van der Waals surface area contributed by atoms with Crippen molar-refractivity contribution in [2.24, 2.45) is 0 Å². The first kappa shape index (κ1) is 24.5. The van der Waals surface area contributed by atoms with Crippen LogP contribution in [0.15, 0.2) is 60.9 Å². The van der Waals surface area contributed by atoms with Gasteiger partial charge in [0.15, 0.2) is 11.6 Å². The number of hydrogen-bond donors (Lipinski definition) is 1. The van der Waals surface area contributed by atoms with E-state index in [1.54, 1.807) is 6.26 Å². The molecule has 0 atom stereocenters. The number of benzene rings is 2. The highest BCUT2D eigenvalue weighted by Crippen LogP contribution is 2.28. The molecule has 1 aliphatic rings. The normalized spacial score (nSPS) is 13.9. The second-order valence-corrected chi connectivity index (χ2v) is 9.05. The minimum Gasteiger partial charge on any atom is -0.498 e. The minimum absolute atomic E-state index is 0.0860. The average molecular weight is 480 g/mol. The molecule has 184 valence electrons. The highest BCUT2D eigenvalue weighted by molar-refractivity contribution is 6.00. The Morgan fingerprint density at radius 1 is 1.06 bits per heavy atom. The number of hydrogen-bond acceptors (Lipinski definition) is 3. The summed E-state index contributed by atoms with van der Waals surface area (Å²) < 4.78 is 34.8. The molecule has 3 aromatic rings. The second-order valence-electron chi connectivity index (χ2n) is 9.05. The molecule has 0 radical (unpaired) electrons. The Balaban J connectivity index is 1.62. The van der Waals surface area contributed by atoms with E-state index in [0.717, 1.165) is 42.0 Å². The highest BCUT2D eigenvalue weighted by Gasteiger charge is 2.22. The molecule has 1 heterocycles. The number of ether oxygens (including phenoxy) is 1. The van der Waals surface area contributed by atoms with Crippen molar-refractivity contribution in [3.8, 4) is 0 Å². The van der Waals surface area contributed by atoms with Gasteiger partial charge in [-0.05, 0) is 61.1 Å². The number of anilines is 1. The Hall–Kier alpha value is -3.61. The molecular weight excluding hydrogens is 448 g/mol. The third-order valence-electron chi connectivity index (χ3n) is 6.20. The molecule has 2 aromatic carbocycles. The third kappa shape index (κ3) is 6.10. The molecule has 0 unspecified atom stereocenters. The van der Waals surface area contributed by atoms with Gasteiger partial charge in [-0.25, -0.2) is 8.78 Å². The van der Waals surface area contributed by atoms with Gasteiger partial charge in [0.05, 0.1) is 17.9 Å². The van der Waals surface area contributed by atoms with E-state index in [9.17, 15) is 13.6 Å². The van der Waals surface area contributed by atoms with Crippen LogP contribution in [0.2, 0.25) is 0 Å². The van der Waals surface area contributed by atoms with Gasteiger partial charge in [0.2, 0.25) is 0 Å². The summed E-state index contributed by atoms with van der Waals surface area (Å²) in [6.45, 7) is 0.663. The number of amides is 1. The van der Waals surface area contributed by atoms with Crippen molar-refractivity contribution in [2.75, 3.05) is 19.0 Å². The molecule has 0 spiro atoms. The van der Waals surface area contributed by atoms with Gasteiger partial charge in [-0.3, -0.25) is 4.79 Å². The molecule has 1 amide bonds. The van der Waals surface area contributed by atoms with E-state index in [-0.39, 0.29) is 18.6 Å². The summed E-state index contributed by atoms with van der Waals surface area (Å²) in [5.41, 5.74) is 2.92. The van der Waals surface area contributed by atoms with Crippen LogP contribution in [0.5, 0.6) is 0 Å². The summed E-state index contributed by atoms with van der Waals surface area (Å²) in [5, 5.41) is 2.84. The fourth-order valence-corrected chi connectivity index (χ4v) is 4.45. The summed E-state index contributed by atoms with van der Waals surface area (Å²) >= 11 is 0. The van der Waals surface area contributed by atoms with Gasteiger partial charge in [-0.1, -0.05) is 36.4 Å². The lowest BCUT2D eigenvalue weighted by Crippen LogP contribution is -2.26. The number of carbonyl (C=O) groups is 1. The Morgan fingerprint density at radius 3 is 2.49 bits per heavy atom. The first-order chi connectivity index (χ1) is 16.9. The maximum atomic E-state index is 13.6. The van der Waals surface area contributed by atoms with Crippen LogP contribution in [-0.2, 0) is 17.8 Å². The quantitative estimate of drug-likeness (QED) is 0.398. The van der Waals surface area contributed by atoms with Crippen LogP contribution in [0.1, 0.15) is 52.9 Å². The van der Waals surface area contributed by atoms with Crippen LogP contribution in [-0.4, -0.2) is 30.7 Å². The zero-order valence-electron chi connectivity index (χ0n) is 20.1. The lowest BCUT2D eigenvalue weighted by molar-refractivity contribution is 0.0951. The smallest absolute Gasteiger partial charge is 0.255 e. The average Bonchev–Trinajstić information content (AvgIpc) is 3.49. The summed E-state index contributed by atoms with van der Waals surface area (Å²) in [6, 6.07) is 15.5.